The van der Waals surface area contributed by atoms with Crippen molar-refractivity contribution in [3.63, 3.8) is 0 Å². The molecule has 0 radical (unpaired) electrons. The van der Waals surface area contributed by atoms with Crippen LogP contribution in [0.2, 0.25) is 0 Å². The number of furan rings is 1. The van der Waals surface area contributed by atoms with Gasteiger partial charge in [-0.2, -0.15) is 0 Å². The van der Waals surface area contributed by atoms with Gasteiger partial charge in [-0.15, -0.1) is 0 Å². The molecule has 2 aromatic rings. The average Bonchev–Trinajstić information content (AvgIpc) is 2.95. The lowest BCUT2D eigenvalue weighted by atomic mass is 9.84. The maximum absolute atomic E-state index is 6.23. The molecule has 0 unspecified atom stereocenters. The number of allylic oxidation sites excluding steroid dienone is 1. The van der Waals surface area contributed by atoms with E-state index in [0.29, 0.717) is 0 Å². The molecule has 1 aromatic heterocycles. The number of benzene rings is 1. The van der Waals surface area contributed by atoms with Crippen molar-refractivity contribution in [3.05, 3.63) is 60.6 Å². The lowest BCUT2D eigenvalue weighted by molar-refractivity contribution is 0.333. The van der Waals surface area contributed by atoms with Gasteiger partial charge in [-0.25, -0.2) is 0 Å². The van der Waals surface area contributed by atoms with Crippen LogP contribution in [0.1, 0.15) is 56.1 Å². The van der Waals surface area contributed by atoms with Gasteiger partial charge < -0.3 is 4.42 Å². The van der Waals surface area contributed by atoms with Crippen LogP contribution in [0, 0.1) is 5.92 Å². The molecule has 0 bridgehead atoms. The van der Waals surface area contributed by atoms with Crippen LogP contribution in [0.5, 0.6) is 0 Å². The summed E-state index contributed by atoms with van der Waals surface area (Å²) in [5, 5.41) is 0. The summed E-state index contributed by atoms with van der Waals surface area (Å²) < 4.78 is 6.23. The molecule has 1 aromatic carbocycles. The van der Waals surface area contributed by atoms with Crippen molar-refractivity contribution in [2.75, 3.05) is 0 Å². The number of hydrogen-bond donors (Lipinski definition) is 0. The molecular weight excluding hydrogens is 280 g/mol. The third-order valence-corrected chi connectivity index (χ3v) is 4.88. The zero-order chi connectivity index (χ0) is 16.2. The van der Waals surface area contributed by atoms with E-state index >= 15 is 0 Å². The molecule has 0 spiro atoms. The first kappa shape index (κ1) is 15.9. The highest BCUT2D eigenvalue weighted by Crippen LogP contribution is 2.39. The van der Waals surface area contributed by atoms with Gasteiger partial charge in [0, 0.05) is 17.5 Å². The molecule has 1 aliphatic rings. The van der Waals surface area contributed by atoms with Gasteiger partial charge in [0.1, 0.15) is 11.5 Å². The predicted octanol–water partition coefficient (Wildman–Crippen LogP) is 6.75. The first-order valence-corrected chi connectivity index (χ1v) is 8.70. The van der Waals surface area contributed by atoms with Crippen LogP contribution in [0.3, 0.4) is 0 Å². The summed E-state index contributed by atoms with van der Waals surface area (Å²) >= 11 is 0. The molecule has 0 atom stereocenters. The van der Waals surface area contributed by atoms with E-state index in [0.717, 1.165) is 35.0 Å². The van der Waals surface area contributed by atoms with E-state index in [1.54, 1.807) is 0 Å². The van der Waals surface area contributed by atoms with Crippen LogP contribution in [-0.4, -0.2) is 0 Å². The van der Waals surface area contributed by atoms with Crippen molar-refractivity contribution in [2.24, 2.45) is 5.92 Å². The molecule has 23 heavy (non-hydrogen) atoms. The van der Waals surface area contributed by atoms with E-state index < -0.39 is 0 Å². The highest BCUT2D eigenvalue weighted by molar-refractivity contribution is 5.85. The standard InChI is InChI=1S/C22H26O/c1-4-19-22(18-13-9-6-10-14-18)21(16(2)3)20(23-19)15-17-11-7-5-8-12-17/h4,6,9-10,13-14,17H,1-2,5,7-8,11-12,15H2,3H3. The molecule has 1 aliphatic carbocycles. The molecule has 1 heterocycles. The first-order valence-electron chi connectivity index (χ1n) is 8.70. The molecule has 1 heteroatoms. The second-order valence-corrected chi connectivity index (χ2v) is 6.70. The van der Waals surface area contributed by atoms with Gasteiger partial charge in [-0.05, 0) is 30.1 Å². The van der Waals surface area contributed by atoms with E-state index in [4.69, 9.17) is 4.42 Å². The van der Waals surface area contributed by atoms with Gasteiger partial charge in [0.25, 0.3) is 0 Å². The van der Waals surface area contributed by atoms with Crippen molar-refractivity contribution in [1.29, 1.82) is 0 Å². The quantitative estimate of drug-likeness (QED) is 0.595. The molecule has 3 rings (SSSR count). The Labute approximate surface area is 139 Å². The Morgan fingerprint density at radius 3 is 2.48 bits per heavy atom. The Bertz CT molecular complexity index is 684. The SMILES string of the molecule is C=Cc1oc(CC2CCCCC2)c(C(=C)C)c1-c1ccccc1. The van der Waals surface area contributed by atoms with E-state index in [1.807, 2.05) is 12.1 Å². The average molecular weight is 306 g/mol. The van der Waals surface area contributed by atoms with Crippen LogP contribution < -0.4 is 0 Å². The Morgan fingerprint density at radius 1 is 1.17 bits per heavy atom. The molecule has 120 valence electrons. The predicted molar refractivity (Wildman–Crippen MR) is 99.2 cm³/mol. The van der Waals surface area contributed by atoms with Crippen LogP contribution in [-0.2, 0) is 6.42 Å². The molecule has 0 aliphatic heterocycles. The highest BCUT2D eigenvalue weighted by atomic mass is 16.3. The summed E-state index contributed by atoms with van der Waals surface area (Å²) in [6.45, 7) is 10.3. The Morgan fingerprint density at radius 2 is 1.87 bits per heavy atom. The van der Waals surface area contributed by atoms with Crippen molar-refractivity contribution in [1.82, 2.24) is 0 Å². The summed E-state index contributed by atoms with van der Waals surface area (Å²) in [6.07, 6.45) is 9.59. The van der Waals surface area contributed by atoms with Crippen molar-refractivity contribution < 1.29 is 4.42 Å². The second-order valence-electron chi connectivity index (χ2n) is 6.70. The summed E-state index contributed by atoms with van der Waals surface area (Å²) in [5.74, 6) is 2.72. The summed E-state index contributed by atoms with van der Waals surface area (Å²) in [4.78, 5) is 0. The van der Waals surface area contributed by atoms with Gasteiger partial charge in [0.2, 0.25) is 0 Å². The Kier molecular flexibility index (Phi) is 4.85. The highest BCUT2D eigenvalue weighted by Gasteiger charge is 2.23. The zero-order valence-corrected chi connectivity index (χ0v) is 14.1. The molecule has 0 N–H and O–H groups in total. The van der Waals surface area contributed by atoms with Crippen molar-refractivity contribution >= 4 is 11.6 Å². The fraction of sp³-hybridized carbons (Fsp3) is 0.364. The number of rotatable bonds is 5. The minimum Gasteiger partial charge on any atom is -0.460 e. The molecule has 1 nitrogen and oxygen atoms in total. The van der Waals surface area contributed by atoms with Crippen molar-refractivity contribution in [2.45, 2.75) is 45.4 Å². The fourth-order valence-corrected chi connectivity index (χ4v) is 3.78. The van der Waals surface area contributed by atoms with Crippen molar-refractivity contribution in [3.8, 4) is 11.1 Å². The molecular formula is C22H26O. The smallest absolute Gasteiger partial charge is 0.134 e. The van der Waals surface area contributed by atoms with Gasteiger partial charge in [0.05, 0.1) is 0 Å². The molecule has 1 saturated carbocycles. The maximum atomic E-state index is 6.23. The van der Waals surface area contributed by atoms with Crippen LogP contribution in [0.15, 0.2) is 47.9 Å². The van der Waals surface area contributed by atoms with E-state index in [-0.39, 0.29) is 0 Å². The van der Waals surface area contributed by atoms with Crippen LogP contribution in [0.4, 0.5) is 0 Å². The monoisotopic (exact) mass is 306 g/mol. The van der Waals surface area contributed by atoms with Gasteiger partial charge >= 0.3 is 0 Å². The van der Waals surface area contributed by atoms with Gasteiger partial charge in [-0.3, -0.25) is 0 Å². The summed E-state index contributed by atoms with van der Waals surface area (Å²) in [5.41, 5.74) is 4.60. The van der Waals surface area contributed by atoms with Gasteiger partial charge in [0.15, 0.2) is 0 Å². The third-order valence-electron chi connectivity index (χ3n) is 4.88. The zero-order valence-electron chi connectivity index (χ0n) is 14.1. The maximum Gasteiger partial charge on any atom is 0.134 e. The number of hydrogen-bond acceptors (Lipinski definition) is 1. The van der Waals surface area contributed by atoms with E-state index in [2.05, 4.69) is 44.3 Å². The van der Waals surface area contributed by atoms with Crippen LogP contribution in [0.25, 0.3) is 22.8 Å². The fourth-order valence-electron chi connectivity index (χ4n) is 3.78. The molecule has 1 fully saturated rings. The second kappa shape index (κ2) is 7.04. The largest absolute Gasteiger partial charge is 0.460 e. The lowest BCUT2D eigenvalue weighted by Crippen LogP contribution is -2.09. The molecule has 0 saturated heterocycles. The first-order chi connectivity index (χ1) is 11.2. The van der Waals surface area contributed by atoms with Gasteiger partial charge in [-0.1, -0.05) is 75.6 Å². The topological polar surface area (TPSA) is 13.1 Å². The minimum absolute atomic E-state index is 0.745. The normalized spacial score (nSPS) is 15.5. The van der Waals surface area contributed by atoms with E-state index in [1.165, 1.54) is 43.2 Å². The van der Waals surface area contributed by atoms with E-state index in [9.17, 15) is 0 Å². The minimum atomic E-state index is 0.745. The summed E-state index contributed by atoms with van der Waals surface area (Å²) in [7, 11) is 0. The lowest BCUT2D eigenvalue weighted by Gasteiger charge is -2.21. The Hall–Kier alpha value is -2.02. The summed E-state index contributed by atoms with van der Waals surface area (Å²) in [6, 6.07) is 10.4. The van der Waals surface area contributed by atoms with Crippen LogP contribution >= 0.6 is 0 Å². The molecule has 0 amide bonds. The Balaban J connectivity index is 2.04. The third kappa shape index (κ3) is 3.34.